The summed E-state index contributed by atoms with van der Waals surface area (Å²) in [5.74, 6) is 1.34. The molecule has 4 heterocycles. The van der Waals surface area contributed by atoms with Crippen molar-refractivity contribution in [3.8, 4) is 22.4 Å². The first-order chi connectivity index (χ1) is 28.9. The van der Waals surface area contributed by atoms with Gasteiger partial charge >= 0.3 is 20.1 Å². The minimum absolute atomic E-state index is 0. The number of aromatic nitrogens is 2. The van der Waals surface area contributed by atoms with Crippen LogP contribution in [0.4, 0.5) is 17.1 Å². The van der Waals surface area contributed by atoms with Crippen LogP contribution in [0.1, 0.15) is 81.8 Å². The summed E-state index contributed by atoms with van der Waals surface area (Å²) in [5, 5.41) is 9.45. The van der Waals surface area contributed by atoms with Gasteiger partial charge in [0.1, 0.15) is 0 Å². The molecule has 0 radical (unpaired) electrons. The van der Waals surface area contributed by atoms with Crippen molar-refractivity contribution in [1.29, 1.82) is 0 Å². The second kappa shape index (κ2) is 18.6. The molecule has 1 unspecified atom stereocenters. The minimum atomic E-state index is -1.35. The van der Waals surface area contributed by atoms with Crippen molar-refractivity contribution in [3.05, 3.63) is 174 Å². The molecule has 1 aliphatic heterocycles. The van der Waals surface area contributed by atoms with E-state index in [4.69, 9.17) is 5.32 Å². The number of hydrogen-bond donors (Lipinski definition) is 0. The molecule has 0 N–H and O–H groups in total. The normalized spacial score (nSPS) is 13.6. The molecule has 0 aliphatic carbocycles. The molecule has 4 nitrogen and oxygen atoms in total. The van der Waals surface area contributed by atoms with E-state index >= 15 is 0 Å². The van der Waals surface area contributed by atoms with Crippen molar-refractivity contribution in [2.45, 2.75) is 85.6 Å². The SMILES string of the molecule is CC(C)Cc1cc(-c2[c-]cncc2)ncc1[Si](C)(C)C.CC(C)c1cc(-c2ccccc2)cc(C(C)C)c1N1c2ccccc2[N-]C1c1[c-]ccc2c1sc1ccccc12.[Ir+3]. The van der Waals surface area contributed by atoms with E-state index in [9.17, 15) is 0 Å². The van der Waals surface area contributed by atoms with Crippen LogP contribution in [0.3, 0.4) is 0 Å². The molecule has 1 aliphatic rings. The van der Waals surface area contributed by atoms with E-state index in [1.165, 1.54) is 58.9 Å². The van der Waals surface area contributed by atoms with Crippen molar-refractivity contribution in [3.63, 3.8) is 0 Å². The van der Waals surface area contributed by atoms with Gasteiger partial charge in [-0.25, -0.2) is 11.3 Å². The van der Waals surface area contributed by atoms with Crippen molar-refractivity contribution in [1.82, 2.24) is 9.97 Å². The molecule has 5 aromatic carbocycles. The van der Waals surface area contributed by atoms with Gasteiger partial charge in [-0.2, -0.15) is 29.8 Å². The summed E-state index contributed by atoms with van der Waals surface area (Å²) in [6.45, 7) is 20.9. The van der Waals surface area contributed by atoms with E-state index in [2.05, 4.69) is 204 Å². The van der Waals surface area contributed by atoms with Crippen LogP contribution < -0.4 is 10.1 Å². The molecule has 0 amide bonds. The first-order valence-corrected chi connectivity index (χ1v) is 25.7. The predicted molar refractivity (Wildman–Crippen MR) is 260 cm³/mol. The van der Waals surface area contributed by atoms with Crippen LogP contribution in [0, 0.1) is 18.1 Å². The van der Waals surface area contributed by atoms with Gasteiger partial charge < -0.3 is 15.2 Å². The molecular weight excluding hydrogens is 957 g/mol. The number of hydrogen-bond acceptors (Lipinski definition) is 4. The Morgan fingerprint density at radius 2 is 1.44 bits per heavy atom. The first kappa shape index (κ1) is 44.2. The van der Waals surface area contributed by atoms with Gasteiger partial charge in [-0.1, -0.05) is 144 Å². The van der Waals surface area contributed by atoms with Crippen LogP contribution >= 0.6 is 11.3 Å². The summed E-state index contributed by atoms with van der Waals surface area (Å²) in [4.78, 5) is 11.2. The van der Waals surface area contributed by atoms with Crippen LogP contribution in [0.5, 0.6) is 0 Å². The molecule has 9 rings (SSSR count). The zero-order valence-corrected chi connectivity index (χ0v) is 41.0. The van der Waals surface area contributed by atoms with Gasteiger partial charge in [-0.3, -0.25) is 4.98 Å². The van der Waals surface area contributed by atoms with Crippen molar-refractivity contribution in [2.24, 2.45) is 5.92 Å². The average Bonchev–Trinajstić information content (AvgIpc) is 3.82. The van der Waals surface area contributed by atoms with Gasteiger partial charge in [0.15, 0.2) is 0 Å². The van der Waals surface area contributed by atoms with Gasteiger partial charge in [-0.15, -0.1) is 22.7 Å². The fourth-order valence-electron chi connectivity index (χ4n) is 8.48. The summed E-state index contributed by atoms with van der Waals surface area (Å²) in [5.41, 5.74) is 13.3. The van der Waals surface area contributed by atoms with E-state index in [0.29, 0.717) is 17.8 Å². The standard InChI is InChI=1S/C37H32N2S.C17H23N2Si.Ir/c1-23(2)30-21-26(25-13-6-5-7-14-25)22-31(24(3)4)35(30)39-33-19-10-9-18-32(33)38-37(39)29-17-12-16-28-27-15-8-11-20-34(27)40-36(28)29;1-13(2)10-15-11-16(14-6-8-18-9-7-14)19-12-17(15)20(3,4)5;/h5-16,18-24,37H,1-4H3;6,8-9,11-13H,10H2,1-5H3;/q-2;-1;+3. The molecular formula is C54H55IrN4SSi. The predicted octanol–water partition coefficient (Wildman–Crippen LogP) is 15.3. The fraction of sp³-hybridized carbons (Fsp3) is 0.259. The van der Waals surface area contributed by atoms with Crippen LogP contribution in [0.2, 0.25) is 19.6 Å². The molecule has 3 aromatic heterocycles. The Hall–Kier alpha value is -4.91. The van der Waals surface area contributed by atoms with Crippen LogP contribution in [-0.2, 0) is 26.5 Å². The maximum atomic E-state index is 5.38. The van der Waals surface area contributed by atoms with Gasteiger partial charge in [0.25, 0.3) is 0 Å². The number of nitrogens with zero attached hydrogens (tertiary/aromatic N) is 4. The average molecular weight is 1010 g/mol. The van der Waals surface area contributed by atoms with Crippen molar-refractivity contribution >= 4 is 61.8 Å². The van der Waals surface area contributed by atoms with E-state index < -0.39 is 8.07 Å². The number of para-hydroxylation sites is 2. The first-order valence-electron chi connectivity index (χ1n) is 21.3. The summed E-state index contributed by atoms with van der Waals surface area (Å²) < 4.78 is 2.58. The topological polar surface area (TPSA) is 43.1 Å². The molecule has 1 atom stereocenters. The van der Waals surface area contributed by atoms with E-state index in [1.54, 1.807) is 12.4 Å². The second-order valence-electron chi connectivity index (χ2n) is 18.0. The Morgan fingerprint density at radius 1 is 0.754 bits per heavy atom. The number of thiophene rings is 1. The Balaban J connectivity index is 0.000000226. The van der Waals surface area contributed by atoms with E-state index in [-0.39, 0.29) is 26.3 Å². The molecule has 7 heteroatoms. The largest absolute Gasteiger partial charge is 3.00 e. The third-order valence-corrected chi connectivity index (χ3v) is 14.6. The molecule has 61 heavy (non-hydrogen) atoms. The smallest absolute Gasteiger partial charge is 0.661 e. The number of benzene rings is 5. The van der Waals surface area contributed by atoms with Crippen molar-refractivity contribution < 1.29 is 20.1 Å². The Morgan fingerprint density at radius 3 is 2.11 bits per heavy atom. The molecule has 0 saturated heterocycles. The van der Waals surface area contributed by atoms with Crippen molar-refractivity contribution in [2.75, 3.05) is 4.90 Å². The summed E-state index contributed by atoms with van der Waals surface area (Å²) in [7, 11) is -1.35. The number of pyridine rings is 2. The van der Waals surface area contributed by atoms with Crippen LogP contribution in [0.25, 0.3) is 47.9 Å². The second-order valence-corrected chi connectivity index (χ2v) is 24.1. The molecule has 310 valence electrons. The fourth-order valence-corrected chi connectivity index (χ4v) is 11.3. The third-order valence-electron chi connectivity index (χ3n) is 11.4. The maximum absolute atomic E-state index is 5.38. The van der Waals surface area contributed by atoms with E-state index in [0.717, 1.165) is 34.6 Å². The Kier molecular flexibility index (Phi) is 13.5. The maximum Gasteiger partial charge on any atom is 3.00 e. The number of fused-ring (bicyclic) bond motifs is 4. The Labute approximate surface area is 381 Å². The van der Waals surface area contributed by atoms with Gasteiger partial charge in [0.2, 0.25) is 0 Å². The van der Waals surface area contributed by atoms with Gasteiger partial charge in [-0.05, 0) is 106 Å². The minimum Gasteiger partial charge on any atom is -0.661 e. The van der Waals surface area contributed by atoms with Gasteiger partial charge in [0.05, 0.1) is 8.07 Å². The van der Waals surface area contributed by atoms with Gasteiger partial charge in [0, 0.05) is 22.3 Å². The zero-order valence-electron chi connectivity index (χ0n) is 36.7. The molecule has 0 fully saturated rings. The van der Waals surface area contributed by atoms with E-state index in [1.807, 2.05) is 17.4 Å². The molecule has 0 bridgehead atoms. The zero-order chi connectivity index (χ0) is 42.1. The summed E-state index contributed by atoms with van der Waals surface area (Å²) in [6, 6.07) is 48.2. The number of anilines is 2. The van der Waals surface area contributed by atoms with Crippen LogP contribution in [0.15, 0.2) is 134 Å². The molecule has 8 aromatic rings. The quantitative estimate of drug-likeness (QED) is 0.107. The number of rotatable bonds is 9. The summed E-state index contributed by atoms with van der Waals surface area (Å²) >= 11 is 1.85. The molecule has 0 spiro atoms. The Bertz CT molecular complexity index is 2730. The monoisotopic (exact) mass is 1010 g/mol. The third kappa shape index (κ3) is 9.17. The summed E-state index contributed by atoms with van der Waals surface area (Å²) in [6.07, 6.45) is 6.51. The molecule has 0 saturated carbocycles. The van der Waals surface area contributed by atoms with Crippen LogP contribution in [-0.4, -0.2) is 18.0 Å².